The number of nitrogens with two attached hydrogens (primary N) is 1. The molecular formula is C17H24ClN3. The molecule has 0 aliphatic heterocycles. The number of aryl methyl sites for hydroxylation is 1. The highest BCUT2D eigenvalue weighted by molar-refractivity contribution is 6.30. The van der Waals surface area contributed by atoms with Crippen LogP contribution in [-0.2, 0) is 6.54 Å². The number of nitrogen functional groups attached to an aromatic ring is 1. The number of hydrogen-bond acceptors (Lipinski definition) is 2. The zero-order chi connectivity index (χ0) is 15.7. The quantitative estimate of drug-likeness (QED) is 0.875. The molecule has 0 unspecified atom stereocenters. The van der Waals surface area contributed by atoms with E-state index >= 15 is 0 Å². The van der Waals surface area contributed by atoms with Gasteiger partial charge < -0.3 is 10.3 Å². The monoisotopic (exact) mass is 305 g/mol. The number of imidazole rings is 1. The summed E-state index contributed by atoms with van der Waals surface area (Å²) in [6.45, 7) is 11.6. The number of halogens is 1. The third-order valence-electron chi connectivity index (χ3n) is 3.54. The van der Waals surface area contributed by atoms with E-state index in [1.54, 1.807) is 0 Å². The van der Waals surface area contributed by atoms with Gasteiger partial charge in [-0.3, -0.25) is 0 Å². The molecule has 0 radical (unpaired) electrons. The Balaban J connectivity index is 2.59. The molecule has 114 valence electrons. The average Bonchev–Trinajstić information content (AvgIpc) is 2.67. The number of anilines is 1. The minimum atomic E-state index is 0.340. The van der Waals surface area contributed by atoms with E-state index in [-0.39, 0.29) is 0 Å². The molecule has 0 amide bonds. The number of rotatable bonds is 4. The van der Waals surface area contributed by atoms with E-state index in [1.165, 1.54) is 0 Å². The van der Waals surface area contributed by atoms with Crippen LogP contribution in [0, 0.1) is 12.8 Å². The van der Waals surface area contributed by atoms with Crippen molar-refractivity contribution in [3.63, 3.8) is 0 Å². The van der Waals surface area contributed by atoms with Gasteiger partial charge in [-0.2, -0.15) is 0 Å². The second-order valence-corrected chi connectivity index (χ2v) is 6.76. The van der Waals surface area contributed by atoms with Crippen molar-refractivity contribution in [3.05, 3.63) is 34.6 Å². The molecule has 0 saturated heterocycles. The molecule has 0 saturated carbocycles. The summed E-state index contributed by atoms with van der Waals surface area (Å²) in [6.07, 6.45) is 0. The van der Waals surface area contributed by atoms with Crippen molar-refractivity contribution < 1.29 is 0 Å². The van der Waals surface area contributed by atoms with Crippen molar-refractivity contribution in [1.82, 2.24) is 9.55 Å². The first kappa shape index (κ1) is 15.9. The molecule has 3 nitrogen and oxygen atoms in total. The Bertz CT molecular complexity index is 642. The molecule has 0 atom stereocenters. The predicted octanol–water partition coefficient (Wildman–Crippen LogP) is 4.87. The van der Waals surface area contributed by atoms with E-state index in [9.17, 15) is 0 Å². The summed E-state index contributed by atoms with van der Waals surface area (Å²) in [5, 5.41) is 0.737. The van der Waals surface area contributed by atoms with Gasteiger partial charge in [-0.05, 0) is 30.5 Å². The lowest BCUT2D eigenvalue weighted by Gasteiger charge is -2.14. The Kier molecular flexibility index (Phi) is 4.62. The third kappa shape index (κ3) is 3.24. The van der Waals surface area contributed by atoms with E-state index in [1.807, 2.05) is 25.1 Å². The highest BCUT2D eigenvalue weighted by Gasteiger charge is 2.19. The van der Waals surface area contributed by atoms with Gasteiger partial charge in [-0.25, -0.2) is 4.98 Å². The van der Waals surface area contributed by atoms with E-state index < -0.39 is 0 Å². The topological polar surface area (TPSA) is 43.8 Å². The molecule has 1 heterocycles. The molecule has 0 aliphatic rings. The van der Waals surface area contributed by atoms with Crippen molar-refractivity contribution in [3.8, 4) is 11.3 Å². The zero-order valence-electron chi connectivity index (χ0n) is 13.4. The van der Waals surface area contributed by atoms with Crippen LogP contribution in [0.2, 0.25) is 5.02 Å². The van der Waals surface area contributed by atoms with Gasteiger partial charge in [-0.1, -0.05) is 45.4 Å². The molecule has 0 fully saturated rings. The molecule has 0 aliphatic carbocycles. The molecule has 2 rings (SSSR count). The minimum absolute atomic E-state index is 0.340. The fourth-order valence-corrected chi connectivity index (χ4v) is 2.80. The maximum absolute atomic E-state index is 6.40. The second-order valence-electron chi connectivity index (χ2n) is 6.32. The first-order valence-corrected chi connectivity index (χ1v) is 7.81. The van der Waals surface area contributed by atoms with E-state index in [2.05, 4.69) is 32.3 Å². The Morgan fingerprint density at radius 2 is 1.90 bits per heavy atom. The van der Waals surface area contributed by atoms with Crippen molar-refractivity contribution in [1.29, 1.82) is 0 Å². The van der Waals surface area contributed by atoms with Gasteiger partial charge in [-0.15, -0.1) is 0 Å². The highest BCUT2D eigenvalue weighted by atomic mass is 35.5. The summed E-state index contributed by atoms with van der Waals surface area (Å²) >= 11 is 6.04. The van der Waals surface area contributed by atoms with Crippen LogP contribution in [0.4, 0.5) is 5.82 Å². The van der Waals surface area contributed by atoms with Crippen LogP contribution in [0.25, 0.3) is 11.3 Å². The SMILES string of the molecule is Cc1cc(Cl)ccc1-c1nc(C(C)C)n(CC(C)C)c1N. The van der Waals surface area contributed by atoms with Crippen LogP contribution in [0.1, 0.15) is 45.0 Å². The zero-order valence-corrected chi connectivity index (χ0v) is 14.2. The van der Waals surface area contributed by atoms with Crippen LogP contribution in [0.3, 0.4) is 0 Å². The molecule has 1 aromatic heterocycles. The van der Waals surface area contributed by atoms with Crippen LogP contribution < -0.4 is 5.73 Å². The Morgan fingerprint density at radius 1 is 1.24 bits per heavy atom. The molecule has 4 heteroatoms. The summed E-state index contributed by atoms with van der Waals surface area (Å²) in [5.74, 6) is 2.66. The maximum atomic E-state index is 6.40. The van der Waals surface area contributed by atoms with E-state index in [0.717, 1.165) is 40.0 Å². The molecule has 2 aromatic rings. The summed E-state index contributed by atoms with van der Waals surface area (Å²) in [4.78, 5) is 4.82. The van der Waals surface area contributed by atoms with Crippen molar-refractivity contribution in [2.24, 2.45) is 5.92 Å². The first-order chi connectivity index (χ1) is 9.81. The van der Waals surface area contributed by atoms with Gasteiger partial charge in [0.05, 0.1) is 0 Å². The van der Waals surface area contributed by atoms with Crippen molar-refractivity contribution in [2.45, 2.75) is 47.1 Å². The number of benzene rings is 1. The van der Waals surface area contributed by atoms with Crippen molar-refractivity contribution in [2.75, 3.05) is 5.73 Å². The van der Waals surface area contributed by atoms with E-state index in [4.69, 9.17) is 22.3 Å². The van der Waals surface area contributed by atoms with Gasteiger partial charge in [0.25, 0.3) is 0 Å². The number of nitrogens with zero attached hydrogens (tertiary/aromatic N) is 2. The van der Waals surface area contributed by atoms with Gasteiger partial charge in [0.2, 0.25) is 0 Å². The number of aromatic nitrogens is 2. The summed E-state index contributed by atoms with van der Waals surface area (Å²) in [6, 6.07) is 5.84. The van der Waals surface area contributed by atoms with Crippen LogP contribution in [0.5, 0.6) is 0 Å². The Hall–Kier alpha value is -1.48. The summed E-state index contributed by atoms with van der Waals surface area (Å²) in [7, 11) is 0. The third-order valence-corrected chi connectivity index (χ3v) is 3.78. The summed E-state index contributed by atoms with van der Waals surface area (Å²) in [5.41, 5.74) is 9.42. The molecule has 0 bridgehead atoms. The van der Waals surface area contributed by atoms with E-state index in [0.29, 0.717) is 11.8 Å². The Labute approximate surface area is 132 Å². The van der Waals surface area contributed by atoms with Gasteiger partial charge >= 0.3 is 0 Å². The van der Waals surface area contributed by atoms with Crippen LogP contribution in [0.15, 0.2) is 18.2 Å². The highest BCUT2D eigenvalue weighted by Crippen LogP contribution is 2.33. The maximum Gasteiger partial charge on any atom is 0.131 e. The smallest absolute Gasteiger partial charge is 0.131 e. The van der Waals surface area contributed by atoms with Gasteiger partial charge in [0.15, 0.2) is 0 Å². The predicted molar refractivity (Wildman–Crippen MR) is 90.7 cm³/mol. The normalized spacial score (nSPS) is 11.6. The first-order valence-electron chi connectivity index (χ1n) is 7.43. The lowest BCUT2D eigenvalue weighted by Crippen LogP contribution is -2.12. The second kappa shape index (κ2) is 6.10. The fourth-order valence-electron chi connectivity index (χ4n) is 2.57. The Morgan fingerprint density at radius 3 is 2.43 bits per heavy atom. The van der Waals surface area contributed by atoms with Crippen molar-refractivity contribution >= 4 is 17.4 Å². The molecular weight excluding hydrogens is 282 g/mol. The fraction of sp³-hybridized carbons (Fsp3) is 0.471. The lowest BCUT2D eigenvalue weighted by atomic mass is 10.1. The minimum Gasteiger partial charge on any atom is -0.383 e. The molecule has 2 N–H and O–H groups in total. The molecule has 0 spiro atoms. The lowest BCUT2D eigenvalue weighted by molar-refractivity contribution is 0.502. The largest absolute Gasteiger partial charge is 0.383 e. The standard InChI is InChI=1S/C17H24ClN3/c1-10(2)9-21-16(19)15(20-17(21)11(3)4)14-7-6-13(18)8-12(14)5/h6-8,10-11H,9,19H2,1-5H3. The van der Waals surface area contributed by atoms with Gasteiger partial charge in [0, 0.05) is 23.0 Å². The summed E-state index contributed by atoms with van der Waals surface area (Å²) < 4.78 is 2.15. The molecule has 21 heavy (non-hydrogen) atoms. The van der Waals surface area contributed by atoms with Crippen LogP contribution >= 0.6 is 11.6 Å². The average molecular weight is 306 g/mol. The molecule has 1 aromatic carbocycles. The van der Waals surface area contributed by atoms with Gasteiger partial charge in [0.1, 0.15) is 17.3 Å². The van der Waals surface area contributed by atoms with Crippen LogP contribution in [-0.4, -0.2) is 9.55 Å². The number of hydrogen-bond donors (Lipinski definition) is 1.